The van der Waals surface area contributed by atoms with E-state index in [-0.39, 0.29) is 24.4 Å². The number of carbonyl (C=O) groups is 1. The Bertz CT molecular complexity index is 441. The predicted molar refractivity (Wildman–Crippen MR) is 59.5 cm³/mol. The molecule has 0 bridgehead atoms. The maximum Gasteiger partial charge on any atom is 0.222 e. The summed E-state index contributed by atoms with van der Waals surface area (Å²) in [6, 6.07) is 6.00. The van der Waals surface area contributed by atoms with Gasteiger partial charge in [-0.05, 0) is 12.1 Å². The number of carbonyl (C=O) groups excluding carboxylic acids is 1. The first-order valence-electron chi connectivity index (χ1n) is 5.11. The van der Waals surface area contributed by atoms with E-state index in [1.54, 1.807) is 0 Å². The Morgan fingerprint density at radius 1 is 1.59 bits per heavy atom. The lowest BCUT2D eigenvalue weighted by Gasteiger charge is -2.06. The molecule has 0 aromatic heterocycles. The Morgan fingerprint density at radius 2 is 2.35 bits per heavy atom. The number of nitrogens with one attached hydrogen (secondary N) is 1. The first-order chi connectivity index (χ1) is 8.17. The van der Waals surface area contributed by atoms with E-state index in [0.29, 0.717) is 12.2 Å². The summed E-state index contributed by atoms with van der Waals surface area (Å²) in [5, 5.41) is 11.1. The van der Waals surface area contributed by atoms with Gasteiger partial charge in [-0.15, -0.1) is 0 Å². The highest BCUT2D eigenvalue weighted by molar-refractivity contribution is 5.75. The van der Waals surface area contributed by atoms with Gasteiger partial charge in [-0.25, -0.2) is 4.39 Å². The minimum absolute atomic E-state index is 0.111. The smallest absolute Gasteiger partial charge is 0.222 e. The molecular weight excluding hydrogens is 223 g/mol. The molecule has 0 radical (unpaired) electrons. The Labute approximate surface area is 99.0 Å². The molecule has 1 N–H and O–H groups in total. The van der Waals surface area contributed by atoms with E-state index in [4.69, 9.17) is 10.00 Å². The molecule has 1 rings (SSSR count). The van der Waals surface area contributed by atoms with E-state index in [2.05, 4.69) is 5.32 Å². The number of rotatable bonds is 5. The third-order valence-corrected chi connectivity index (χ3v) is 2.19. The van der Waals surface area contributed by atoms with Crippen molar-refractivity contribution < 1.29 is 13.9 Å². The fourth-order valence-electron chi connectivity index (χ4n) is 1.24. The summed E-state index contributed by atoms with van der Waals surface area (Å²) in [5.41, 5.74) is 0.617. The average Bonchev–Trinajstić information content (AvgIpc) is 2.34. The van der Waals surface area contributed by atoms with Crippen molar-refractivity contribution in [2.24, 2.45) is 0 Å². The SMILES string of the molecule is COCCC(=O)NCc1ccc(C#N)cc1F. The molecule has 17 heavy (non-hydrogen) atoms. The molecule has 1 amide bonds. The van der Waals surface area contributed by atoms with Crippen molar-refractivity contribution in [1.82, 2.24) is 5.32 Å². The highest BCUT2D eigenvalue weighted by atomic mass is 19.1. The fraction of sp³-hybridized carbons (Fsp3) is 0.333. The number of nitrogens with zero attached hydrogens (tertiary/aromatic N) is 1. The minimum Gasteiger partial charge on any atom is -0.384 e. The van der Waals surface area contributed by atoms with Gasteiger partial charge in [0.2, 0.25) is 5.91 Å². The summed E-state index contributed by atoms with van der Waals surface area (Å²) in [5.74, 6) is -0.688. The Hall–Kier alpha value is -1.93. The third-order valence-electron chi connectivity index (χ3n) is 2.19. The van der Waals surface area contributed by atoms with Crippen LogP contribution < -0.4 is 5.32 Å². The van der Waals surface area contributed by atoms with Crippen LogP contribution in [0.5, 0.6) is 0 Å². The van der Waals surface area contributed by atoms with Gasteiger partial charge in [0.05, 0.1) is 18.2 Å². The van der Waals surface area contributed by atoms with E-state index < -0.39 is 5.82 Å². The van der Waals surface area contributed by atoms with E-state index in [1.807, 2.05) is 6.07 Å². The van der Waals surface area contributed by atoms with Crippen LogP contribution >= 0.6 is 0 Å². The van der Waals surface area contributed by atoms with Crippen molar-refractivity contribution in [2.75, 3.05) is 13.7 Å². The van der Waals surface area contributed by atoms with Gasteiger partial charge in [0, 0.05) is 25.6 Å². The molecular formula is C12H13FN2O2. The Morgan fingerprint density at radius 3 is 2.94 bits per heavy atom. The predicted octanol–water partition coefficient (Wildman–Crippen LogP) is 1.35. The van der Waals surface area contributed by atoms with Crippen LogP contribution in [0, 0.1) is 17.1 Å². The molecule has 0 saturated carbocycles. The number of hydrogen-bond donors (Lipinski definition) is 1. The van der Waals surface area contributed by atoms with Crippen LogP contribution in [-0.2, 0) is 16.1 Å². The highest BCUT2D eigenvalue weighted by Gasteiger charge is 2.05. The van der Waals surface area contributed by atoms with Crippen LogP contribution in [0.15, 0.2) is 18.2 Å². The lowest BCUT2D eigenvalue weighted by molar-refractivity contribution is -0.122. The third kappa shape index (κ3) is 4.21. The lowest BCUT2D eigenvalue weighted by Crippen LogP contribution is -2.24. The van der Waals surface area contributed by atoms with Crippen molar-refractivity contribution >= 4 is 5.91 Å². The molecule has 90 valence electrons. The van der Waals surface area contributed by atoms with Gasteiger partial charge < -0.3 is 10.1 Å². The van der Waals surface area contributed by atoms with Crippen molar-refractivity contribution in [3.05, 3.63) is 35.1 Å². The number of amides is 1. The molecule has 0 unspecified atom stereocenters. The van der Waals surface area contributed by atoms with Crippen LogP contribution in [0.2, 0.25) is 0 Å². The van der Waals surface area contributed by atoms with Crippen LogP contribution in [0.3, 0.4) is 0 Å². The Kier molecular flexibility index (Phi) is 5.11. The summed E-state index contributed by atoms with van der Waals surface area (Å²) >= 11 is 0. The number of halogens is 1. The largest absolute Gasteiger partial charge is 0.384 e. The highest BCUT2D eigenvalue weighted by Crippen LogP contribution is 2.09. The zero-order chi connectivity index (χ0) is 12.7. The normalized spacial score (nSPS) is 9.71. The molecule has 0 saturated heterocycles. The van der Waals surface area contributed by atoms with Crippen LogP contribution in [0.25, 0.3) is 0 Å². The quantitative estimate of drug-likeness (QED) is 0.839. The summed E-state index contributed by atoms with van der Waals surface area (Å²) in [6.45, 7) is 0.446. The maximum absolute atomic E-state index is 13.4. The van der Waals surface area contributed by atoms with Crippen LogP contribution in [0.1, 0.15) is 17.5 Å². The van der Waals surface area contributed by atoms with E-state index >= 15 is 0 Å². The first kappa shape index (κ1) is 13.1. The average molecular weight is 236 g/mol. The molecule has 0 aliphatic heterocycles. The zero-order valence-electron chi connectivity index (χ0n) is 9.50. The minimum atomic E-state index is -0.490. The number of benzene rings is 1. The molecule has 5 heteroatoms. The van der Waals surface area contributed by atoms with Crippen molar-refractivity contribution in [1.29, 1.82) is 5.26 Å². The van der Waals surface area contributed by atoms with Gasteiger partial charge in [-0.1, -0.05) is 6.07 Å². The lowest BCUT2D eigenvalue weighted by atomic mass is 10.1. The number of ether oxygens (including phenoxy) is 1. The van der Waals surface area contributed by atoms with Crippen molar-refractivity contribution in [2.45, 2.75) is 13.0 Å². The zero-order valence-corrected chi connectivity index (χ0v) is 9.50. The van der Waals surface area contributed by atoms with E-state index in [1.165, 1.54) is 19.2 Å². The monoisotopic (exact) mass is 236 g/mol. The van der Waals surface area contributed by atoms with Gasteiger partial charge in [0.15, 0.2) is 0 Å². The van der Waals surface area contributed by atoms with E-state index in [0.717, 1.165) is 6.07 Å². The summed E-state index contributed by atoms with van der Waals surface area (Å²) in [7, 11) is 1.51. The summed E-state index contributed by atoms with van der Waals surface area (Å²) < 4.78 is 18.2. The second-order valence-corrected chi connectivity index (χ2v) is 3.44. The van der Waals surface area contributed by atoms with Crippen molar-refractivity contribution in [3.8, 4) is 6.07 Å². The first-order valence-corrected chi connectivity index (χ1v) is 5.11. The van der Waals surface area contributed by atoms with Gasteiger partial charge in [0.25, 0.3) is 0 Å². The molecule has 0 aliphatic carbocycles. The van der Waals surface area contributed by atoms with E-state index in [9.17, 15) is 9.18 Å². The number of nitriles is 1. The van der Waals surface area contributed by atoms with Gasteiger partial charge >= 0.3 is 0 Å². The van der Waals surface area contributed by atoms with Gasteiger partial charge in [-0.2, -0.15) is 5.26 Å². The molecule has 1 aromatic carbocycles. The molecule has 4 nitrogen and oxygen atoms in total. The van der Waals surface area contributed by atoms with Crippen LogP contribution in [-0.4, -0.2) is 19.6 Å². The Balaban J connectivity index is 2.52. The molecule has 0 aliphatic rings. The van der Waals surface area contributed by atoms with Gasteiger partial charge in [-0.3, -0.25) is 4.79 Å². The topological polar surface area (TPSA) is 62.1 Å². The number of hydrogen-bond acceptors (Lipinski definition) is 3. The molecule has 1 aromatic rings. The fourth-order valence-corrected chi connectivity index (χ4v) is 1.24. The van der Waals surface area contributed by atoms with Crippen molar-refractivity contribution in [3.63, 3.8) is 0 Å². The molecule has 0 fully saturated rings. The summed E-state index contributed by atoms with van der Waals surface area (Å²) in [6.07, 6.45) is 0.244. The van der Waals surface area contributed by atoms with Gasteiger partial charge in [0.1, 0.15) is 5.82 Å². The second kappa shape index (κ2) is 6.61. The summed E-state index contributed by atoms with van der Waals surface area (Å²) in [4.78, 5) is 11.2. The number of methoxy groups -OCH3 is 1. The molecule has 0 atom stereocenters. The molecule has 0 heterocycles. The standard InChI is InChI=1S/C12H13FN2O2/c1-17-5-4-12(16)15-8-10-3-2-9(7-14)6-11(10)13/h2-3,6H,4-5,8H2,1H3,(H,15,16). The maximum atomic E-state index is 13.4. The second-order valence-electron chi connectivity index (χ2n) is 3.44. The molecule has 0 spiro atoms. The van der Waals surface area contributed by atoms with Crippen LogP contribution in [0.4, 0.5) is 4.39 Å².